The number of rotatable bonds is 4. The predicted molar refractivity (Wildman–Crippen MR) is 81.9 cm³/mol. The van der Waals surface area contributed by atoms with Crippen LogP contribution >= 0.6 is 0 Å². The van der Waals surface area contributed by atoms with E-state index in [0.29, 0.717) is 6.42 Å². The Morgan fingerprint density at radius 2 is 1.90 bits per heavy atom. The molecule has 1 aromatic heterocycles. The number of hydrogen-bond acceptors (Lipinski definition) is 2. The second-order valence-corrected chi connectivity index (χ2v) is 5.77. The van der Waals surface area contributed by atoms with E-state index in [-0.39, 0.29) is 5.78 Å². The summed E-state index contributed by atoms with van der Waals surface area (Å²) in [6, 6.07) is 4.51. The minimum atomic E-state index is 0.267. The van der Waals surface area contributed by atoms with Crippen LogP contribution in [0.25, 0.3) is 10.9 Å². The summed E-state index contributed by atoms with van der Waals surface area (Å²) in [6.07, 6.45) is 3.54. The van der Waals surface area contributed by atoms with Gasteiger partial charge in [-0.15, -0.1) is 0 Å². The summed E-state index contributed by atoms with van der Waals surface area (Å²) in [6.45, 7) is 7.37. The van der Waals surface area contributed by atoms with E-state index in [1.807, 2.05) is 13.2 Å². The molecule has 20 heavy (non-hydrogen) atoms. The maximum absolute atomic E-state index is 12.3. The molecule has 0 atom stereocenters. The summed E-state index contributed by atoms with van der Waals surface area (Å²) in [5.41, 5.74) is 4.87. The molecule has 2 aromatic rings. The van der Waals surface area contributed by atoms with Crippen molar-refractivity contribution in [3.8, 4) is 0 Å². The third kappa shape index (κ3) is 2.06. The number of aromatic nitrogens is 1. The molecule has 0 aliphatic carbocycles. The number of ketones is 1. The van der Waals surface area contributed by atoms with Crippen LogP contribution < -0.4 is 0 Å². The maximum Gasteiger partial charge on any atom is 0.165 e. The van der Waals surface area contributed by atoms with Gasteiger partial charge in [-0.2, -0.15) is 0 Å². The highest BCUT2D eigenvalue weighted by atomic mass is 16.1. The van der Waals surface area contributed by atoms with Crippen molar-refractivity contribution < 1.29 is 4.79 Å². The monoisotopic (exact) mass is 270 g/mol. The first-order valence-electron chi connectivity index (χ1n) is 7.50. The summed E-state index contributed by atoms with van der Waals surface area (Å²) >= 11 is 0. The number of nitrogens with zero attached hydrogens (tertiary/aromatic N) is 2. The molecule has 0 N–H and O–H groups in total. The molecule has 0 spiro atoms. The Bertz CT molecular complexity index is 669. The average Bonchev–Trinajstić information content (AvgIpc) is 2.98. The smallest absolute Gasteiger partial charge is 0.165 e. The Morgan fingerprint density at radius 3 is 2.55 bits per heavy atom. The van der Waals surface area contributed by atoms with Gasteiger partial charge in [0, 0.05) is 49.2 Å². The Balaban J connectivity index is 2.10. The molecule has 0 unspecified atom stereocenters. The molecule has 1 aromatic carbocycles. The van der Waals surface area contributed by atoms with Crippen LogP contribution in [0.1, 0.15) is 48.2 Å². The van der Waals surface area contributed by atoms with E-state index in [9.17, 15) is 4.79 Å². The lowest BCUT2D eigenvalue weighted by molar-refractivity contribution is 0.0983. The highest BCUT2D eigenvalue weighted by Gasteiger charge is 2.21. The highest BCUT2D eigenvalue weighted by molar-refractivity contribution is 6.08. The van der Waals surface area contributed by atoms with E-state index in [0.717, 1.165) is 37.0 Å². The number of hydrogen-bond donors (Lipinski definition) is 0. The summed E-state index contributed by atoms with van der Waals surface area (Å²) in [5, 5.41) is 1.13. The molecule has 1 aliphatic rings. The third-order valence-electron chi connectivity index (χ3n) is 4.32. The third-order valence-corrected chi connectivity index (χ3v) is 4.32. The molecule has 0 saturated heterocycles. The molecular formula is C17H22N2O. The molecule has 0 bridgehead atoms. The van der Waals surface area contributed by atoms with Crippen LogP contribution in [-0.4, -0.2) is 21.8 Å². The van der Waals surface area contributed by atoms with E-state index >= 15 is 0 Å². The van der Waals surface area contributed by atoms with Crippen LogP contribution in [0.2, 0.25) is 0 Å². The van der Waals surface area contributed by atoms with Crippen LogP contribution in [0.3, 0.4) is 0 Å². The number of fused-ring (bicyclic) bond motifs is 2. The summed E-state index contributed by atoms with van der Waals surface area (Å²) in [7, 11) is 2.03. The highest BCUT2D eigenvalue weighted by Crippen LogP contribution is 2.30. The summed E-state index contributed by atoms with van der Waals surface area (Å²) < 4.78 is 2.09. The standard InChI is InChI=1S/C17H22N2O/c1-4-6-17(20)15-11-18(3)16-8-13-10-19(5-2)9-12(13)7-14(15)16/h7-8,11H,4-6,9-10H2,1-3H3. The molecule has 0 fully saturated rings. The lowest BCUT2D eigenvalue weighted by Gasteiger charge is -2.09. The van der Waals surface area contributed by atoms with Gasteiger partial charge in [0.1, 0.15) is 0 Å². The van der Waals surface area contributed by atoms with Crippen molar-refractivity contribution in [1.29, 1.82) is 0 Å². The lowest BCUT2D eigenvalue weighted by Crippen LogP contribution is -2.14. The zero-order valence-electron chi connectivity index (χ0n) is 12.6. The van der Waals surface area contributed by atoms with Crippen molar-refractivity contribution in [3.05, 3.63) is 35.0 Å². The van der Waals surface area contributed by atoms with Gasteiger partial charge in [-0.3, -0.25) is 9.69 Å². The second-order valence-electron chi connectivity index (χ2n) is 5.77. The fourth-order valence-electron chi connectivity index (χ4n) is 3.16. The number of benzene rings is 1. The number of aryl methyl sites for hydroxylation is 1. The van der Waals surface area contributed by atoms with Gasteiger partial charge in [0.25, 0.3) is 0 Å². The molecule has 0 amide bonds. The minimum Gasteiger partial charge on any atom is -0.350 e. The first kappa shape index (κ1) is 13.4. The van der Waals surface area contributed by atoms with Gasteiger partial charge in [-0.25, -0.2) is 0 Å². The molecular weight excluding hydrogens is 248 g/mol. The lowest BCUT2D eigenvalue weighted by atomic mass is 10.0. The van der Waals surface area contributed by atoms with Crippen LogP contribution in [0.5, 0.6) is 0 Å². The first-order valence-corrected chi connectivity index (χ1v) is 7.50. The molecule has 3 nitrogen and oxygen atoms in total. The number of Topliss-reactive ketones (excluding diaryl/α,β-unsaturated/α-hetero) is 1. The van der Waals surface area contributed by atoms with Crippen LogP contribution in [-0.2, 0) is 20.1 Å². The molecule has 106 valence electrons. The zero-order valence-corrected chi connectivity index (χ0v) is 12.6. The normalized spacial score (nSPS) is 14.9. The average molecular weight is 270 g/mol. The topological polar surface area (TPSA) is 25.2 Å². The van der Waals surface area contributed by atoms with Gasteiger partial charge in [0.05, 0.1) is 0 Å². The first-order chi connectivity index (χ1) is 9.63. The predicted octanol–water partition coefficient (Wildman–Crippen LogP) is 3.50. The quantitative estimate of drug-likeness (QED) is 0.795. The Labute approximate surface area is 120 Å². The molecule has 0 saturated carbocycles. The van der Waals surface area contributed by atoms with Crippen LogP contribution in [0, 0.1) is 0 Å². The van der Waals surface area contributed by atoms with Gasteiger partial charge >= 0.3 is 0 Å². The van der Waals surface area contributed by atoms with Crippen LogP contribution in [0.15, 0.2) is 18.3 Å². The van der Waals surface area contributed by atoms with Crippen molar-refractivity contribution in [2.24, 2.45) is 7.05 Å². The number of carbonyl (C=O) groups excluding carboxylic acids is 1. The van der Waals surface area contributed by atoms with Crippen molar-refractivity contribution in [2.75, 3.05) is 6.54 Å². The van der Waals surface area contributed by atoms with Gasteiger partial charge in [0.15, 0.2) is 5.78 Å². The molecule has 2 heterocycles. The van der Waals surface area contributed by atoms with Gasteiger partial charge in [0.2, 0.25) is 0 Å². The van der Waals surface area contributed by atoms with Crippen molar-refractivity contribution in [1.82, 2.24) is 9.47 Å². The molecule has 1 aliphatic heterocycles. The largest absolute Gasteiger partial charge is 0.350 e. The Morgan fingerprint density at radius 1 is 1.20 bits per heavy atom. The van der Waals surface area contributed by atoms with Crippen molar-refractivity contribution >= 4 is 16.7 Å². The summed E-state index contributed by atoms with van der Waals surface area (Å²) in [4.78, 5) is 14.7. The SMILES string of the molecule is CCCC(=O)c1cn(C)c2cc3c(cc12)CN(CC)C3. The molecule has 3 rings (SSSR count). The number of carbonyl (C=O) groups is 1. The Kier molecular flexibility index (Phi) is 3.38. The fourth-order valence-corrected chi connectivity index (χ4v) is 3.16. The van der Waals surface area contributed by atoms with E-state index in [4.69, 9.17) is 0 Å². The van der Waals surface area contributed by atoms with Gasteiger partial charge in [-0.1, -0.05) is 13.8 Å². The zero-order chi connectivity index (χ0) is 14.3. The summed E-state index contributed by atoms with van der Waals surface area (Å²) in [5.74, 6) is 0.267. The molecule has 0 radical (unpaired) electrons. The minimum absolute atomic E-state index is 0.267. The van der Waals surface area contributed by atoms with Gasteiger partial charge in [-0.05, 0) is 36.2 Å². The second kappa shape index (κ2) is 5.06. The fraction of sp³-hybridized carbons (Fsp3) is 0.471. The van der Waals surface area contributed by atoms with E-state index in [1.165, 1.54) is 16.6 Å². The van der Waals surface area contributed by atoms with E-state index < -0.39 is 0 Å². The van der Waals surface area contributed by atoms with E-state index in [1.54, 1.807) is 0 Å². The maximum atomic E-state index is 12.3. The van der Waals surface area contributed by atoms with Gasteiger partial charge < -0.3 is 4.57 Å². The van der Waals surface area contributed by atoms with Crippen LogP contribution in [0.4, 0.5) is 0 Å². The van der Waals surface area contributed by atoms with E-state index in [2.05, 4.69) is 35.4 Å². The van der Waals surface area contributed by atoms with Crippen molar-refractivity contribution in [3.63, 3.8) is 0 Å². The molecule has 3 heteroatoms. The van der Waals surface area contributed by atoms with Crippen molar-refractivity contribution in [2.45, 2.75) is 39.8 Å². The Hall–Kier alpha value is -1.61.